The highest BCUT2D eigenvalue weighted by Gasteiger charge is 2.22. The third kappa shape index (κ3) is 2.65. The fraction of sp³-hybridized carbons (Fsp3) is 0.333. The number of aliphatic hydroxyl groups is 1. The van der Waals surface area contributed by atoms with Crippen molar-refractivity contribution in [3.8, 4) is 0 Å². The molecular weight excluding hydrogens is 255 g/mol. The molecule has 1 aromatic heterocycles. The Morgan fingerprint density at radius 2 is 2.28 bits per heavy atom. The molecule has 1 amide bonds. The summed E-state index contributed by atoms with van der Waals surface area (Å²) in [5.74, 6) is -0.718. The van der Waals surface area contributed by atoms with Crippen LogP contribution in [-0.4, -0.2) is 28.1 Å². The zero-order valence-corrected chi connectivity index (χ0v) is 10.8. The Morgan fingerprint density at radius 1 is 1.56 bits per heavy atom. The molecule has 0 fully saturated rings. The van der Waals surface area contributed by atoms with Gasteiger partial charge in [-0.25, -0.2) is 9.37 Å². The van der Waals surface area contributed by atoms with Crippen molar-refractivity contribution >= 4 is 27.5 Å². The van der Waals surface area contributed by atoms with Crippen LogP contribution in [0.1, 0.15) is 23.6 Å². The van der Waals surface area contributed by atoms with Crippen LogP contribution < -0.4 is 5.32 Å². The zero-order valence-electron chi connectivity index (χ0n) is 10.0. The van der Waals surface area contributed by atoms with Crippen LogP contribution in [0.5, 0.6) is 0 Å². The lowest BCUT2D eigenvalue weighted by Crippen LogP contribution is -2.46. The number of amides is 1. The lowest BCUT2D eigenvalue weighted by molar-refractivity contribution is 0.0869. The maximum absolute atomic E-state index is 13.0. The molecular formula is C12H13FN2O2S. The van der Waals surface area contributed by atoms with Gasteiger partial charge in [-0.05, 0) is 32.0 Å². The number of nitrogens with one attached hydrogen (secondary N) is 1. The Kier molecular flexibility index (Phi) is 3.32. The summed E-state index contributed by atoms with van der Waals surface area (Å²) in [6.07, 6.45) is 0. The molecule has 0 spiro atoms. The molecule has 0 atom stereocenters. The van der Waals surface area contributed by atoms with Gasteiger partial charge in [0.05, 0.1) is 22.4 Å². The normalized spacial score (nSPS) is 11.8. The predicted molar refractivity (Wildman–Crippen MR) is 68.2 cm³/mol. The van der Waals surface area contributed by atoms with Gasteiger partial charge >= 0.3 is 0 Å². The van der Waals surface area contributed by atoms with Crippen molar-refractivity contribution in [3.63, 3.8) is 0 Å². The number of rotatable bonds is 3. The van der Waals surface area contributed by atoms with Crippen molar-refractivity contribution in [1.82, 2.24) is 10.3 Å². The van der Waals surface area contributed by atoms with E-state index >= 15 is 0 Å². The van der Waals surface area contributed by atoms with Crippen molar-refractivity contribution in [2.24, 2.45) is 0 Å². The van der Waals surface area contributed by atoms with Gasteiger partial charge in [-0.2, -0.15) is 0 Å². The van der Waals surface area contributed by atoms with Crippen molar-refractivity contribution in [2.45, 2.75) is 19.4 Å². The first-order chi connectivity index (χ1) is 8.41. The SMILES string of the molecule is CC(C)(CO)NC(=O)c1nc2ccc(F)cc2s1. The highest BCUT2D eigenvalue weighted by atomic mass is 32.1. The number of aliphatic hydroxyl groups excluding tert-OH is 1. The first-order valence-corrected chi connectivity index (χ1v) is 6.22. The number of thiazole rings is 1. The molecule has 0 aliphatic rings. The van der Waals surface area contributed by atoms with E-state index in [9.17, 15) is 9.18 Å². The van der Waals surface area contributed by atoms with Crippen molar-refractivity contribution in [1.29, 1.82) is 0 Å². The monoisotopic (exact) mass is 268 g/mol. The summed E-state index contributed by atoms with van der Waals surface area (Å²) in [6.45, 7) is 3.24. The maximum Gasteiger partial charge on any atom is 0.280 e. The number of fused-ring (bicyclic) bond motifs is 1. The molecule has 0 saturated heterocycles. The van der Waals surface area contributed by atoms with Crippen LogP contribution in [-0.2, 0) is 0 Å². The molecule has 0 radical (unpaired) electrons. The van der Waals surface area contributed by atoms with Crippen LogP contribution >= 0.6 is 11.3 Å². The van der Waals surface area contributed by atoms with Gasteiger partial charge in [0.1, 0.15) is 5.82 Å². The molecule has 0 saturated carbocycles. The maximum atomic E-state index is 13.0. The highest BCUT2D eigenvalue weighted by molar-refractivity contribution is 7.20. The third-order valence-electron chi connectivity index (χ3n) is 2.39. The minimum Gasteiger partial charge on any atom is -0.394 e. The Morgan fingerprint density at radius 3 is 2.94 bits per heavy atom. The number of hydrogen-bond acceptors (Lipinski definition) is 4. The van der Waals surface area contributed by atoms with Crippen LogP contribution in [0.4, 0.5) is 4.39 Å². The lowest BCUT2D eigenvalue weighted by atomic mass is 10.1. The van der Waals surface area contributed by atoms with Crippen LogP contribution in [0.3, 0.4) is 0 Å². The largest absolute Gasteiger partial charge is 0.394 e. The van der Waals surface area contributed by atoms with Crippen LogP contribution in [0.2, 0.25) is 0 Å². The third-order valence-corrected chi connectivity index (χ3v) is 3.41. The van der Waals surface area contributed by atoms with E-state index in [1.807, 2.05) is 0 Å². The average Bonchev–Trinajstić information content (AvgIpc) is 2.71. The van der Waals surface area contributed by atoms with E-state index in [0.717, 1.165) is 11.3 Å². The number of benzene rings is 1. The second-order valence-electron chi connectivity index (χ2n) is 4.63. The van der Waals surface area contributed by atoms with E-state index in [2.05, 4.69) is 10.3 Å². The molecule has 18 heavy (non-hydrogen) atoms. The van der Waals surface area contributed by atoms with Gasteiger partial charge in [0.25, 0.3) is 5.91 Å². The number of nitrogens with zero attached hydrogens (tertiary/aromatic N) is 1. The standard InChI is InChI=1S/C12H13FN2O2S/c1-12(2,6-16)15-10(17)11-14-8-4-3-7(13)5-9(8)18-11/h3-5,16H,6H2,1-2H3,(H,15,17). The number of halogens is 1. The lowest BCUT2D eigenvalue weighted by Gasteiger charge is -2.22. The Hall–Kier alpha value is -1.53. The van der Waals surface area contributed by atoms with Crippen molar-refractivity contribution in [2.75, 3.05) is 6.61 Å². The zero-order chi connectivity index (χ0) is 13.3. The number of carbonyl (C=O) groups excluding carboxylic acids is 1. The highest BCUT2D eigenvalue weighted by Crippen LogP contribution is 2.23. The molecule has 0 aliphatic carbocycles. The number of aromatic nitrogens is 1. The van der Waals surface area contributed by atoms with Crippen LogP contribution in [0, 0.1) is 5.82 Å². The molecule has 1 aromatic carbocycles. The van der Waals surface area contributed by atoms with E-state index < -0.39 is 5.54 Å². The smallest absolute Gasteiger partial charge is 0.280 e. The summed E-state index contributed by atoms with van der Waals surface area (Å²) in [7, 11) is 0. The minimum absolute atomic E-state index is 0.168. The number of carbonyl (C=O) groups is 1. The fourth-order valence-corrected chi connectivity index (χ4v) is 2.28. The van der Waals surface area contributed by atoms with Gasteiger partial charge in [0.15, 0.2) is 5.01 Å². The number of hydrogen-bond donors (Lipinski definition) is 2. The molecule has 1 heterocycles. The molecule has 2 N–H and O–H groups in total. The Balaban J connectivity index is 2.28. The second-order valence-corrected chi connectivity index (χ2v) is 5.66. The fourth-order valence-electron chi connectivity index (χ4n) is 1.40. The Bertz CT molecular complexity index is 595. The molecule has 2 aromatic rings. The summed E-state index contributed by atoms with van der Waals surface area (Å²) in [5, 5.41) is 12.0. The molecule has 6 heteroatoms. The Labute approximate surface area is 107 Å². The van der Waals surface area contributed by atoms with Gasteiger partial charge in [-0.3, -0.25) is 4.79 Å². The second kappa shape index (κ2) is 4.62. The molecule has 4 nitrogen and oxygen atoms in total. The molecule has 0 unspecified atom stereocenters. The summed E-state index contributed by atoms with van der Waals surface area (Å²) >= 11 is 1.13. The van der Waals surface area contributed by atoms with Crippen molar-refractivity contribution in [3.05, 3.63) is 29.0 Å². The van der Waals surface area contributed by atoms with Crippen LogP contribution in [0.25, 0.3) is 10.2 Å². The van der Waals surface area contributed by atoms with Gasteiger partial charge in [0.2, 0.25) is 0 Å². The first kappa shape index (κ1) is 12.9. The summed E-state index contributed by atoms with van der Waals surface area (Å²) in [4.78, 5) is 16.0. The molecule has 0 bridgehead atoms. The predicted octanol–water partition coefficient (Wildman–Crippen LogP) is 1.94. The quantitative estimate of drug-likeness (QED) is 0.894. The summed E-state index contributed by atoms with van der Waals surface area (Å²) in [5.41, 5.74) is -0.117. The average molecular weight is 268 g/mol. The van der Waals surface area contributed by atoms with Crippen LogP contribution in [0.15, 0.2) is 18.2 Å². The molecule has 0 aliphatic heterocycles. The van der Waals surface area contributed by atoms with Gasteiger partial charge < -0.3 is 10.4 Å². The van der Waals surface area contributed by atoms with E-state index in [1.54, 1.807) is 13.8 Å². The van der Waals surface area contributed by atoms with Gasteiger partial charge in [-0.15, -0.1) is 11.3 Å². The van der Waals surface area contributed by atoms with E-state index in [1.165, 1.54) is 18.2 Å². The van der Waals surface area contributed by atoms with Gasteiger partial charge in [0, 0.05) is 0 Å². The topological polar surface area (TPSA) is 62.2 Å². The summed E-state index contributed by atoms with van der Waals surface area (Å²) in [6, 6.07) is 4.19. The van der Waals surface area contributed by atoms with Crippen molar-refractivity contribution < 1.29 is 14.3 Å². The molecule has 96 valence electrons. The first-order valence-electron chi connectivity index (χ1n) is 5.41. The van der Waals surface area contributed by atoms with E-state index in [-0.39, 0.29) is 23.3 Å². The summed E-state index contributed by atoms with van der Waals surface area (Å²) < 4.78 is 13.6. The van der Waals surface area contributed by atoms with E-state index in [4.69, 9.17) is 5.11 Å². The minimum atomic E-state index is -0.708. The van der Waals surface area contributed by atoms with Gasteiger partial charge in [-0.1, -0.05) is 0 Å². The molecule has 2 rings (SSSR count). The van der Waals surface area contributed by atoms with E-state index in [0.29, 0.717) is 10.2 Å².